The smallest absolute Gasteiger partial charge is 0.0437 e. The van der Waals surface area contributed by atoms with Gasteiger partial charge in [0.1, 0.15) is 0 Å². The van der Waals surface area contributed by atoms with Gasteiger partial charge in [-0.05, 0) is 86.9 Å². The molecule has 0 aromatic heterocycles. The third-order valence-electron chi connectivity index (χ3n) is 8.58. The van der Waals surface area contributed by atoms with E-state index in [2.05, 4.69) is 24.1 Å². The van der Waals surface area contributed by atoms with Crippen LogP contribution in [0.3, 0.4) is 0 Å². The second-order valence-electron chi connectivity index (χ2n) is 9.13. The van der Waals surface area contributed by atoms with Crippen molar-refractivity contribution >= 4 is 11.4 Å². The molecule has 0 bridgehead atoms. The van der Waals surface area contributed by atoms with Gasteiger partial charge in [0.25, 0.3) is 0 Å². The zero-order chi connectivity index (χ0) is 16.2. The lowest BCUT2D eigenvalue weighted by molar-refractivity contribution is -0.0814. The molecule has 0 radical (unpaired) electrons. The van der Waals surface area contributed by atoms with E-state index in [9.17, 15) is 0 Å². The van der Waals surface area contributed by atoms with Crippen molar-refractivity contribution in [2.45, 2.75) is 71.6 Å². The van der Waals surface area contributed by atoms with Crippen LogP contribution < -0.4 is 11.7 Å². The fraction of sp³-hybridized carbons (Fsp3) is 0.895. The lowest BCUT2D eigenvalue weighted by atomic mass is 9.45. The fourth-order valence-electron chi connectivity index (χ4n) is 7.18. The van der Waals surface area contributed by atoms with Crippen molar-refractivity contribution in [3.8, 4) is 0 Å². The minimum atomic E-state index is 0.289. The van der Waals surface area contributed by atoms with E-state index in [-0.39, 0.29) is 5.41 Å². The highest BCUT2D eigenvalue weighted by Gasteiger charge is 2.59. The van der Waals surface area contributed by atoms with Gasteiger partial charge in [0.05, 0.1) is 0 Å². The van der Waals surface area contributed by atoms with E-state index < -0.39 is 0 Å². The third kappa shape index (κ3) is 2.02. The lowest BCUT2D eigenvalue weighted by Crippen LogP contribution is -2.53. The molecule has 4 rings (SSSR count). The molecule has 4 heteroatoms. The van der Waals surface area contributed by atoms with Crippen LogP contribution >= 0.6 is 0 Å². The van der Waals surface area contributed by atoms with Gasteiger partial charge in [-0.3, -0.25) is 0 Å². The molecule has 0 saturated heterocycles. The Kier molecular flexibility index (Phi) is 3.51. The standard InChI is InChI=1S/C19H32N4/c1-18-9-7-13(22-20)11-12(18)3-4-14-15-5-6-17(23-21)19(15,2)10-8-16(14)18/h12,14-16H,3-11,20-21H2,1-2H3/b22-13+,23-17+/t12-,14-,15-,16-,18-,19-/m0/s1. The second-order valence-corrected chi connectivity index (χ2v) is 9.13. The second kappa shape index (κ2) is 5.22. The molecule has 128 valence electrons. The Labute approximate surface area is 140 Å². The third-order valence-corrected chi connectivity index (χ3v) is 8.58. The quantitative estimate of drug-likeness (QED) is 0.528. The summed E-state index contributed by atoms with van der Waals surface area (Å²) in [6.45, 7) is 5.03. The van der Waals surface area contributed by atoms with Gasteiger partial charge >= 0.3 is 0 Å². The average Bonchev–Trinajstić information content (AvgIpc) is 2.90. The number of rotatable bonds is 0. The maximum atomic E-state index is 5.72. The first-order valence-electron chi connectivity index (χ1n) is 9.56. The van der Waals surface area contributed by atoms with Gasteiger partial charge in [0, 0.05) is 16.8 Å². The van der Waals surface area contributed by atoms with E-state index >= 15 is 0 Å². The van der Waals surface area contributed by atoms with Crippen LogP contribution in [0.5, 0.6) is 0 Å². The molecule has 0 aromatic rings. The summed E-state index contributed by atoms with van der Waals surface area (Å²) < 4.78 is 0. The van der Waals surface area contributed by atoms with Crippen LogP contribution in [-0.2, 0) is 0 Å². The molecule has 4 nitrogen and oxygen atoms in total. The molecule has 0 amide bonds. The SMILES string of the molecule is C[C@]12CC/C(=N\N)C[C@@H]1CC[C@@H]1[C@@H]2CC[C@]2(C)/C(=N/N)CC[C@@H]12. The van der Waals surface area contributed by atoms with Crippen molar-refractivity contribution in [2.75, 3.05) is 0 Å². The topological polar surface area (TPSA) is 76.8 Å². The van der Waals surface area contributed by atoms with E-state index in [1.807, 2.05) is 0 Å². The molecule has 4 N–H and O–H groups in total. The summed E-state index contributed by atoms with van der Waals surface area (Å²) in [6.07, 6.45) is 11.4. The Morgan fingerprint density at radius 2 is 1.74 bits per heavy atom. The van der Waals surface area contributed by atoms with Crippen LogP contribution in [0.4, 0.5) is 0 Å². The van der Waals surface area contributed by atoms with Gasteiger partial charge in [-0.15, -0.1) is 0 Å². The first-order valence-corrected chi connectivity index (χ1v) is 9.56. The summed E-state index contributed by atoms with van der Waals surface area (Å²) in [7, 11) is 0. The zero-order valence-electron chi connectivity index (χ0n) is 14.7. The van der Waals surface area contributed by atoms with Gasteiger partial charge in [0.2, 0.25) is 0 Å². The van der Waals surface area contributed by atoms with E-state index in [0.29, 0.717) is 5.41 Å². The molecular weight excluding hydrogens is 284 g/mol. The molecule has 4 fully saturated rings. The summed E-state index contributed by atoms with van der Waals surface area (Å²) in [6, 6.07) is 0. The van der Waals surface area contributed by atoms with Gasteiger partial charge < -0.3 is 11.7 Å². The van der Waals surface area contributed by atoms with Crippen LogP contribution in [0, 0.1) is 34.5 Å². The molecule has 0 aromatic carbocycles. The fourth-order valence-corrected chi connectivity index (χ4v) is 7.18. The molecule has 0 heterocycles. The van der Waals surface area contributed by atoms with E-state index in [1.165, 1.54) is 49.9 Å². The normalized spacial score (nSPS) is 53.0. The minimum absolute atomic E-state index is 0.289. The first kappa shape index (κ1) is 15.5. The minimum Gasteiger partial charge on any atom is -0.323 e. The molecule has 0 aliphatic heterocycles. The molecule has 23 heavy (non-hydrogen) atoms. The molecule has 0 spiro atoms. The summed E-state index contributed by atoms with van der Waals surface area (Å²) >= 11 is 0. The Morgan fingerprint density at radius 3 is 2.48 bits per heavy atom. The Hall–Kier alpha value is -1.06. The van der Waals surface area contributed by atoms with E-state index in [1.54, 1.807) is 0 Å². The highest BCUT2D eigenvalue weighted by Crippen LogP contribution is 2.65. The van der Waals surface area contributed by atoms with Crippen LogP contribution in [0.2, 0.25) is 0 Å². The highest BCUT2D eigenvalue weighted by molar-refractivity contribution is 5.92. The monoisotopic (exact) mass is 316 g/mol. The predicted molar refractivity (Wildman–Crippen MR) is 95.0 cm³/mol. The Morgan fingerprint density at radius 1 is 0.913 bits per heavy atom. The molecule has 0 unspecified atom stereocenters. The Bertz CT molecular complexity index is 554. The average molecular weight is 316 g/mol. The van der Waals surface area contributed by atoms with Crippen molar-refractivity contribution in [2.24, 2.45) is 56.4 Å². The van der Waals surface area contributed by atoms with Crippen LogP contribution in [0.1, 0.15) is 71.6 Å². The Balaban J connectivity index is 1.63. The van der Waals surface area contributed by atoms with Gasteiger partial charge in [-0.2, -0.15) is 10.2 Å². The van der Waals surface area contributed by atoms with Crippen LogP contribution in [0.25, 0.3) is 0 Å². The van der Waals surface area contributed by atoms with Crippen LogP contribution in [-0.4, -0.2) is 11.4 Å². The van der Waals surface area contributed by atoms with Crippen molar-refractivity contribution in [1.29, 1.82) is 0 Å². The van der Waals surface area contributed by atoms with Crippen molar-refractivity contribution in [3.05, 3.63) is 0 Å². The van der Waals surface area contributed by atoms with Crippen molar-refractivity contribution in [1.82, 2.24) is 0 Å². The molecule has 4 aliphatic carbocycles. The predicted octanol–water partition coefficient (Wildman–Crippen LogP) is 3.66. The summed E-state index contributed by atoms with van der Waals surface area (Å²) in [4.78, 5) is 0. The largest absolute Gasteiger partial charge is 0.323 e. The van der Waals surface area contributed by atoms with Crippen molar-refractivity contribution in [3.63, 3.8) is 0 Å². The van der Waals surface area contributed by atoms with Crippen molar-refractivity contribution < 1.29 is 0 Å². The summed E-state index contributed by atoms with van der Waals surface area (Å²) in [5.74, 6) is 14.7. The summed E-state index contributed by atoms with van der Waals surface area (Å²) in [5.41, 5.74) is 3.35. The van der Waals surface area contributed by atoms with Gasteiger partial charge in [0.15, 0.2) is 0 Å². The number of fused-ring (bicyclic) bond motifs is 5. The first-order chi connectivity index (χ1) is 11.0. The number of nitrogens with two attached hydrogens (primary N) is 2. The maximum absolute atomic E-state index is 5.72. The molecular formula is C19H32N4. The number of nitrogens with zero attached hydrogens (tertiary/aromatic N) is 2. The van der Waals surface area contributed by atoms with Gasteiger partial charge in [-0.25, -0.2) is 0 Å². The number of hydrazone groups is 2. The number of hydrogen-bond acceptors (Lipinski definition) is 4. The highest BCUT2D eigenvalue weighted by atomic mass is 15.1. The number of hydrogen-bond donors (Lipinski definition) is 2. The van der Waals surface area contributed by atoms with Crippen LogP contribution in [0.15, 0.2) is 10.2 Å². The maximum Gasteiger partial charge on any atom is 0.0437 e. The van der Waals surface area contributed by atoms with E-state index in [0.717, 1.165) is 42.9 Å². The van der Waals surface area contributed by atoms with Gasteiger partial charge in [-0.1, -0.05) is 13.8 Å². The van der Waals surface area contributed by atoms with E-state index in [4.69, 9.17) is 11.7 Å². The molecule has 4 saturated carbocycles. The molecule has 4 aliphatic rings. The molecule has 6 atom stereocenters. The lowest BCUT2D eigenvalue weighted by Gasteiger charge is -2.59. The summed E-state index contributed by atoms with van der Waals surface area (Å²) in [5, 5.41) is 8.23. The zero-order valence-corrected chi connectivity index (χ0v) is 14.7.